The van der Waals surface area contributed by atoms with Crippen molar-refractivity contribution in [2.45, 2.75) is 128 Å². The fourth-order valence-corrected chi connectivity index (χ4v) is 10.5. The number of ether oxygens (including phenoxy) is 8. The molecule has 328 valence electrons. The highest BCUT2D eigenvalue weighted by Gasteiger charge is 2.82. The van der Waals surface area contributed by atoms with Gasteiger partial charge in [0.2, 0.25) is 5.60 Å². The zero-order valence-corrected chi connectivity index (χ0v) is 35.7. The molecule has 16 nitrogen and oxygen atoms in total. The van der Waals surface area contributed by atoms with Gasteiger partial charge in [-0.1, -0.05) is 69.3 Å². The number of aliphatic hydroxyl groups is 1. The molecule has 16 heteroatoms. The second-order valence-electron chi connectivity index (χ2n) is 18.2. The highest BCUT2D eigenvalue weighted by molar-refractivity contribution is 5.94. The summed E-state index contributed by atoms with van der Waals surface area (Å²) < 4.78 is 48.9. The molecule has 2 saturated heterocycles. The topological polar surface area (TPSA) is 209 Å². The summed E-state index contributed by atoms with van der Waals surface area (Å²) in [5.74, 6) is -4.51. The summed E-state index contributed by atoms with van der Waals surface area (Å²) in [5.41, 5.74) is -6.69. The molecule has 1 amide bonds. The lowest BCUT2D eigenvalue weighted by atomic mass is 9.45. The van der Waals surface area contributed by atoms with Gasteiger partial charge in [-0.25, -0.2) is 19.2 Å². The van der Waals surface area contributed by atoms with Gasteiger partial charge in [-0.3, -0.25) is 9.59 Å². The number of esters is 3. The molecular weight excluding hydrogens is 794 g/mol. The summed E-state index contributed by atoms with van der Waals surface area (Å²) in [5, 5.41) is 14.4. The van der Waals surface area contributed by atoms with Gasteiger partial charge in [-0.2, -0.15) is 0 Å². The molecule has 5 aliphatic rings. The maximum absolute atomic E-state index is 15.4. The number of aliphatic hydroxyl groups excluding tert-OH is 1. The average molecular weight is 848 g/mol. The Balaban J connectivity index is 1.42. The third-order valence-corrected chi connectivity index (χ3v) is 13.1. The van der Waals surface area contributed by atoms with Gasteiger partial charge in [-0.15, -0.1) is 0 Å². The average Bonchev–Trinajstić information content (AvgIpc) is 3.56. The van der Waals surface area contributed by atoms with Crippen LogP contribution in [-0.2, 0) is 52.3 Å². The molecule has 3 aliphatic carbocycles. The third-order valence-electron chi connectivity index (χ3n) is 13.1. The summed E-state index contributed by atoms with van der Waals surface area (Å²) in [6, 6.07) is 14.9. The number of carbonyl (C=O) groups excluding carboxylic acids is 6. The van der Waals surface area contributed by atoms with Gasteiger partial charge >= 0.3 is 30.2 Å². The second kappa shape index (κ2) is 15.5. The lowest BCUT2D eigenvalue weighted by molar-refractivity contribution is -0.332. The smallest absolute Gasteiger partial charge is 0.454 e. The molecule has 2 saturated carbocycles. The predicted octanol–water partition coefficient (Wildman–Crippen LogP) is 5.10. The Morgan fingerprint density at radius 2 is 1.59 bits per heavy atom. The number of methoxy groups -OCH3 is 1. The van der Waals surface area contributed by atoms with Gasteiger partial charge in [0.15, 0.2) is 35.8 Å². The Kier molecular flexibility index (Phi) is 11.2. The molecule has 2 aliphatic heterocycles. The fraction of sp³-hybridized carbons (Fsp3) is 0.556. The summed E-state index contributed by atoms with van der Waals surface area (Å²) in [6.45, 7) is 12.7. The minimum absolute atomic E-state index is 0.125. The van der Waals surface area contributed by atoms with Crippen molar-refractivity contribution in [1.82, 2.24) is 5.32 Å². The number of benzene rings is 2. The first kappa shape index (κ1) is 43.8. The molecule has 7 rings (SSSR count). The zero-order valence-electron chi connectivity index (χ0n) is 35.7. The van der Waals surface area contributed by atoms with Gasteiger partial charge in [0.25, 0.3) is 0 Å². The van der Waals surface area contributed by atoms with Crippen molar-refractivity contribution in [2.75, 3.05) is 13.7 Å². The molecule has 2 bridgehead atoms. The molecule has 0 aromatic heterocycles. The van der Waals surface area contributed by atoms with Gasteiger partial charge in [0, 0.05) is 24.9 Å². The van der Waals surface area contributed by atoms with Crippen molar-refractivity contribution in [1.29, 1.82) is 0 Å². The number of hydrogen-bond acceptors (Lipinski definition) is 15. The van der Waals surface area contributed by atoms with E-state index in [1.54, 1.807) is 97.0 Å². The number of amides is 1. The van der Waals surface area contributed by atoms with E-state index in [4.69, 9.17) is 37.9 Å². The van der Waals surface area contributed by atoms with E-state index < -0.39 is 112 Å². The number of ketones is 1. The van der Waals surface area contributed by atoms with Crippen molar-refractivity contribution in [3.63, 3.8) is 0 Å². The van der Waals surface area contributed by atoms with Crippen LogP contribution in [0.3, 0.4) is 0 Å². The van der Waals surface area contributed by atoms with Crippen molar-refractivity contribution >= 4 is 35.9 Å². The Hall–Kier alpha value is -5.32. The standard InChI is InChI=1S/C45H53NO15/c1-23-28-32(54-9)34(49)43(8)21-20-27-44(22-55-27,59-24(2)47)33(43)36(57-37(50)26-18-14-11-15-19-26)45(42(28,6)7)35(58-40(53)61-45)31(23)56-38(51)30(48)29(25-16-12-10-13-17-25)46-39(52)60-41(3,4)5/h10-19,27,29-33,35-36,48H,20-22H2,1-9H3,(H,46,52)/t27-,29+,30-,31-,32-,33+,35+,36+,43-,44+,45-/m1/s1. The number of carbonyl (C=O) groups is 6. The van der Waals surface area contributed by atoms with Crippen LogP contribution in [0.15, 0.2) is 71.8 Å². The Labute approximate surface area is 353 Å². The Morgan fingerprint density at radius 3 is 2.16 bits per heavy atom. The molecule has 1 spiro atoms. The molecule has 2 heterocycles. The van der Waals surface area contributed by atoms with Gasteiger partial charge in [0.05, 0.1) is 24.1 Å². The molecule has 0 radical (unpaired) electrons. The number of hydrogen-bond donors (Lipinski definition) is 2. The van der Waals surface area contributed by atoms with Crippen LogP contribution >= 0.6 is 0 Å². The second-order valence-corrected chi connectivity index (χ2v) is 18.2. The predicted molar refractivity (Wildman–Crippen MR) is 212 cm³/mol. The van der Waals surface area contributed by atoms with Crippen LogP contribution in [0, 0.1) is 16.7 Å². The number of alkyl carbamates (subject to hydrolysis) is 1. The van der Waals surface area contributed by atoms with Crippen molar-refractivity contribution in [3.05, 3.63) is 82.9 Å². The number of rotatable bonds is 9. The molecule has 4 fully saturated rings. The van der Waals surface area contributed by atoms with E-state index in [9.17, 15) is 29.1 Å². The third kappa shape index (κ3) is 7.05. The first-order valence-electron chi connectivity index (χ1n) is 20.3. The van der Waals surface area contributed by atoms with Crippen molar-refractivity contribution < 1.29 is 71.8 Å². The van der Waals surface area contributed by atoms with E-state index in [2.05, 4.69) is 5.32 Å². The minimum Gasteiger partial charge on any atom is -0.454 e. The quantitative estimate of drug-likeness (QED) is 0.191. The normalized spacial score (nSPS) is 33.3. The van der Waals surface area contributed by atoms with Crippen LogP contribution in [0.25, 0.3) is 0 Å². The zero-order chi connectivity index (χ0) is 44.4. The van der Waals surface area contributed by atoms with Crippen LogP contribution < -0.4 is 5.32 Å². The monoisotopic (exact) mass is 847 g/mol. The van der Waals surface area contributed by atoms with Gasteiger partial charge < -0.3 is 48.3 Å². The van der Waals surface area contributed by atoms with E-state index >= 15 is 4.79 Å². The number of nitrogens with one attached hydrogen (secondary N) is 1. The van der Waals surface area contributed by atoms with E-state index in [1.807, 2.05) is 0 Å². The Morgan fingerprint density at radius 1 is 0.951 bits per heavy atom. The van der Waals surface area contributed by atoms with Crippen LogP contribution in [0.5, 0.6) is 0 Å². The van der Waals surface area contributed by atoms with Gasteiger partial charge in [-0.05, 0) is 69.4 Å². The van der Waals surface area contributed by atoms with E-state index in [0.717, 1.165) is 0 Å². The summed E-state index contributed by atoms with van der Waals surface area (Å²) in [6.07, 6.45) is -10.7. The molecule has 61 heavy (non-hydrogen) atoms. The van der Waals surface area contributed by atoms with Crippen LogP contribution in [0.1, 0.15) is 90.2 Å². The minimum atomic E-state index is -2.14. The molecule has 2 N–H and O–H groups in total. The highest BCUT2D eigenvalue weighted by Crippen LogP contribution is 2.66. The van der Waals surface area contributed by atoms with E-state index in [-0.39, 0.29) is 36.2 Å². The molecule has 2 aromatic carbocycles. The van der Waals surface area contributed by atoms with Crippen molar-refractivity contribution in [2.24, 2.45) is 16.7 Å². The van der Waals surface area contributed by atoms with Crippen LogP contribution in [-0.4, -0.2) is 108 Å². The maximum Gasteiger partial charge on any atom is 0.509 e. The number of Topliss-reactive ketones (excluding diaryl/α,β-unsaturated/α-hetero) is 1. The van der Waals surface area contributed by atoms with Gasteiger partial charge in [0.1, 0.15) is 17.8 Å². The summed E-state index contributed by atoms with van der Waals surface area (Å²) in [7, 11) is 1.35. The van der Waals surface area contributed by atoms with E-state index in [1.165, 1.54) is 26.2 Å². The number of fused-ring (bicyclic) bond motifs is 4. The van der Waals surface area contributed by atoms with Crippen LogP contribution in [0.4, 0.5) is 9.59 Å². The highest BCUT2D eigenvalue weighted by atomic mass is 16.8. The lowest BCUT2D eigenvalue weighted by Crippen LogP contribution is -2.81. The summed E-state index contributed by atoms with van der Waals surface area (Å²) in [4.78, 5) is 84.3. The molecule has 2 aromatic rings. The molecule has 11 atom stereocenters. The summed E-state index contributed by atoms with van der Waals surface area (Å²) >= 11 is 0. The maximum atomic E-state index is 15.4. The van der Waals surface area contributed by atoms with E-state index in [0.29, 0.717) is 5.56 Å². The molecule has 0 unspecified atom stereocenters. The van der Waals surface area contributed by atoms with Crippen LogP contribution in [0.2, 0.25) is 0 Å². The largest absolute Gasteiger partial charge is 0.509 e. The SMILES string of the molecule is CO[C@H]1C(=O)[C@]2(C)CC[C@H]3OC[C@@]3(OC(C)=O)[C@H]2[C@H](OC(=O)c2ccccc2)[C@]23OC(=O)O[C@H]2[C@H](OC(=O)[C@H](O)[C@@H](NC(=O)OC(C)(C)C)c2ccccc2)C(C)=C1C3(C)C. The first-order valence-corrected chi connectivity index (χ1v) is 20.3. The first-order chi connectivity index (χ1) is 28.6. The fourth-order valence-electron chi connectivity index (χ4n) is 10.5. The van der Waals surface area contributed by atoms with Crippen molar-refractivity contribution in [3.8, 4) is 0 Å². The Bertz CT molecular complexity index is 2130. The molecular formula is C45H53NO15. The lowest BCUT2D eigenvalue weighted by Gasteiger charge is -2.66.